The molecule has 1 aromatic rings. The van der Waals surface area contributed by atoms with Crippen molar-refractivity contribution in [3.8, 4) is 0 Å². The van der Waals surface area contributed by atoms with Gasteiger partial charge in [0.15, 0.2) is 0 Å². The van der Waals surface area contributed by atoms with Crippen molar-refractivity contribution < 1.29 is 0 Å². The van der Waals surface area contributed by atoms with E-state index in [0.29, 0.717) is 5.25 Å². The SMILES string of the molecule is CC(CNC1CCCCC1)SCc1ccc(Cl)cc1. The summed E-state index contributed by atoms with van der Waals surface area (Å²) < 4.78 is 0. The zero-order chi connectivity index (χ0) is 13.5. The third-order valence-electron chi connectivity index (χ3n) is 3.75. The number of hydrogen-bond acceptors (Lipinski definition) is 2. The van der Waals surface area contributed by atoms with Gasteiger partial charge in [-0.05, 0) is 30.5 Å². The van der Waals surface area contributed by atoms with Crippen LogP contribution in [-0.4, -0.2) is 17.8 Å². The van der Waals surface area contributed by atoms with Crippen molar-refractivity contribution in [1.29, 1.82) is 0 Å². The van der Waals surface area contributed by atoms with Crippen LogP contribution >= 0.6 is 23.4 Å². The molecule has 1 saturated carbocycles. The highest BCUT2D eigenvalue weighted by atomic mass is 35.5. The van der Waals surface area contributed by atoms with E-state index in [1.807, 2.05) is 23.9 Å². The Bertz CT molecular complexity index is 360. The minimum absolute atomic E-state index is 0.664. The van der Waals surface area contributed by atoms with Gasteiger partial charge in [0.2, 0.25) is 0 Å². The largest absolute Gasteiger partial charge is 0.313 e. The molecule has 1 nitrogen and oxygen atoms in total. The zero-order valence-corrected chi connectivity index (χ0v) is 13.3. The molecule has 19 heavy (non-hydrogen) atoms. The number of hydrogen-bond donors (Lipinski definition) is 1. The standard InChI is InChI=1S/C16H24ClNS/c1-13(11-18-16-5-3-2-4-6-16)19-12-14-7-9-15(17)10-8-14/h7-10,13,16,18H,2-6,11-12H2,1H3. The molecule has 1 aliphatic carbocycles. The van der Waals surface area contributed by atoms with E-state index in [4.69, 9.17) is 11.6 Å². The van der Waals surface area contributed by atoms with Crippen molar-refractivity contribution >= 4 is 23.4 Å². The minimum atomic E-state index is 0.664. The second-order valence-corrected chi connectivity index (χ2v) is 7.35. The molecule has 1 fully saturated rings. The topological polar surface area (TPSA) is 12.0 Å². The first-order chi connectivity index (χ1) is 9.24. The number of thioether (sulfide) groups is 1. The highest BCUT2D eigenvalue weighted by Gasteiger charge is 2.13. The number of nitrogens with one attached hydrogen (secondary N) is 1. The smallest absolute Gasteiger partial charge is 0.0406 e. The maximum absolute atomic E-state index is 5.89. The summed E-state index contributed by atoms with van der Waals surface area (Å²) in [5.41, 5.74) is 1.36. The third-order valence-corrected chi connectivity index (χ3v) is 5.23. The van der Waals surface area contributed by atoms with Gasteiger partial charge in [0.25, 0.3) is 0 Å². The summed E-state index contributed by atoms with van der Waals surface area (Å²) in [5.74, 6) is 1.07. The van der Waals surface area contributed by atoms with Crippen LogP contribution in [-0.2, 0) is 5.75 Å². The second kappa shape index (κ2) is 8.18. The summed E-state index contributed by atoms with van der Waals surface area (Å²) in [4.78, 5) is 0. The monoisotopic (exact) mass is 297 g/mol. The summed E-state index contributed by atoms with van der Waals surface area (Å²) in [6.45, 7) is 3.44. The Hall–Kier alpha value is -0.180. The normalized spacial score (nSPS) is 18.4. The fourth-order valence-electron chi connectivity index (χ4n) is 2.52. The predicted molar refractivity (Wildman–Crippen MR) is 87.1 cm³/mol. The maximum Gasteiger partial charge on any atom is 0.0406 e. The molecule has 1 aliphatic rings. The predicted octanol–water partition coefficient (Wildman–Crippen LogP) is 4.88. The molecular formula is C16H24ClNS. The summed E-state index contributed by atoms with van der Waals surface area (Å²) in [6, 6.07) is 8.96. The van der Waals surface area contributed by atoms with Crippen molar-refractivity contribution in [3.05, 3.63) is 34.9 Å². The lowest BCUT2D eigenvalue weighted by molar-refractivity contribution is 0.375. The molecule has 0 bridgehead atoms. The summed E-state index contributed by atoms with van der Waals surface area (Å²) in [7, 11) is 0. The van der Waals surface area contributed by atoms with Crippen LogP contribution < -0.4 is 5.32 Å². The third kappa shape index (κ3) is 5.76. The van der Waals surface area contributed by atoms with Gasteiger partial charge in [0.1, 0.15) is 0 Å². The van der Waals surface area contributed by atoms with E-state index in [-0.39, 0.29) is 0 Å². The Morgan fingerprint density at radius 1 is 1.21 bits per heavy atom. The van der Waals surface area contributed by atoms with E-state index in [1.54, 1.807) is 0 Å². The summed E-state index contributed by atoms with van der Waals surface area (Å²) >= 11 is 7.91. The van der Waals surface area contributed by atoms with Crippen LogP contribution in [0.25, 0.3) is 0 Å². The number of benzene rings is 1. The Morgan fingerprint density at radius 2 is 1.89 bits per heavy atom. The van der Waals surface area contributed by atoms with Crippen LogP contribution in [0.4, 0.5) is 0 Å². The molecular weight excluding hydrogens is 274 g/mol. The average Bonchev–Trinajstić information content (AvgIpc) is 2.45. The Morgan fingerprint density at radius 3 is 2.58 bits per heavy atom. The highest BCUT2D eigenvalue weighted by Crippen LogP contribution is 2.21. The van der Waals surface area contributed by atoms with E-state index < -0.39 is 0 Å². The zero-order valence-electron chi connectivity index (χ0n) is 11.7. The lowest BCUT2D eigenvalue weighted by Gasteiger charge is -2.24. The number of rotatable bonds is 6. The van der Waals surface area contributed by atoms with Gasteiger partial charge in [-0.2, -0.15) is 11.8 Å². The first kappa shape index (κ1) is 15.2. The van der Waals surface area contributed by atoms with Crippen LogP contribution in [0, 0.1) is 0 Å². The molecule has 1 aromatic carbocycles. The minimum Gasteiger partial charge on any atom is -0.313 e. The van der Waals surface area contributed by atoms with Gasteiger partial charge < -0.3 is 5.32 Å². The van der Waals surface area contributed by atoms with Gasteiger partial charge in [-0.15, -0.1) is 0 Å². The Labute approximate surface area is 126 Å². The van der Waals surface area contributed by atoms with Crippen molar-refractivity contribution in [2.75, 3.05) is 6.54 Å². The quantitative estimate of drug-likeness (QED) is 0.803. The number of halogens is 1. The molecule has 0 spiro atoms. The molecule has 0 aliphatic heterocycles. The fraction of sp³-hybridized carbons (Fsp3) is 0.625. The molecule has 1 atom stereocenters. The van der Waals surface area contributed by atoms with E-state index in [9.17, 15) is 0 Å². The van der Waals surface area contributed by atoms with E-state index in [2.05, 4.69) is 24.4 Å². The van der Waals surface area contributed by atoms with E-state index in [0.717, 1.165) is 23.4 Å². The summed E-state index contributed by atoms with van der Waals surface area (Å²) in [5, 5.41) is 5.21. The van der Waals surface area contributed by atoms with Crippen molar-refractivity contribution in [3.63, 3.8) is 0 Å². The molecule has 106 valence electrons. The van der Waals surface area contributed by atoms with Gasteiger partial charge in [0.05, 0.1) is 0 Å². The molecule has 0 heterocycles. The molecule has 2 rings (SSSR count). The molecule has 1 N–H and O–H groups in total. The Kier molecular flexibility index (Phi) is 6.55. The molecule has 0 amide bonds. The van der Waals surface area contributed by atoms with Crippen LogP contribution in [0.3, 0.4) is 0 Å². The lowest BCUT2D eigenvalue weighted by atomic mass is 9.95. The lowest BCUT2D eigenvalue weighted by Crippen LogP contribution is -2.35. The van der Waals surface area contributed by atoms with Crippen molar-refractivity contribution in [1.82, 2.24) is 5.32 Å². The second-order valence-electron chi connectivity index (χ2n) is 5.49. The molecule has 0 saturated heterocycles. The van der Waals surface area contributed by atoms with E-state index in [1.165, 1.54) is 37.7 Å². The first-order valence-electron chi connectivity index (χ1n) is 7.33. The van der Waals surface area contributed by atoms with Gasteiger partial charge in [0, 0.05) is 28.6 Å². The van der Waals surface area contributed by atoms with Crippen molar-refractivity contribution in [2.45, 2.75) is 56.1 Å². The van der Waals surface area contributed by atoms with Gasteiger partial charge in [-0.1, -0.05) is 49.9 Å². The van der Waals surface area contributed by atoms with Gasteiger partial charge in [-0.25, -0.2) is 0 Å². The van der Waals surface area contributed by atoms with Crippen LogP contribution in [0.15, 0.2) is 24.3 Å². The Balaban J connectivity index is 1.63. The molecule has 0 aromatic heterocycles. The molecule has 3 heteroatoms. The van der Waals surface area contributed by atoms with E-state index >= 15 is 0 Å². The maximum atomic E-state index is 5.89. The van der Waals surface area contributed by atoms with Crippen LogP contribution in [0.2, 0.25) is 5.02 Å². The average molecular weight is 298 g/mol. The van der Waals surface area contributed by atoms with Crippen molar-refractivity contribution in [2.24, 2.45) is 0 Å². The van der Waals surface area contributed by atoms with Gasteiger partial charge in [-0.3, -0.25) is 0 Å². The van der Waals surface area contributed by atoms with Crippen LogP contribution in [0.1, 0.15) is 44.6 Å². The fourth-order valence-corrected chi connectivity index (χ4v) is 3.53. The van der Waals surface area contributed by atoms with Crippen LogP contribution in [0.5, 0.6) is 0 Å². The highest BCUT2D eigenvalue weighted by molar-refractivity contribution is 7.99. The first-order valence-corrected chi connectivity index (χ1v) is 8.76. The van der Waals surface area contributed by atoms with Gasteiger partial charge >= 0.3 is 0 Å². The molecule has 1 unspecified atom stereocenters. The summed E-state index contributed by atoms with van der Waals surface area (Å²) in [6.07, 6.45) is 6.98. The molecule has 0 radical (unpaired) electrons.